The van der Waals surface area contributed by atoms with Gasteiger partial charge in [0.15, 0.2) is 9.84 Å². The first kappa shape index (κ1) is 47.1. The zero-order valence-corrected chi connectivity index (χ0v) is 36.3. The lowest BCUT2D eigenvalue weighted by Gasteiger charge is -2.41. The third-order valence-electron chi connectivity index (χ3n) is 13.3. The third-order valence-corrected chi connectivity index (χ3v) is 16.1. The Balaban J connectivity index is 1.33. The molecule has 3 aliphatic carbocycles. The standard InChI is InChI=1S/C42H61F4N5O8S/c1-40(2,3)60(57,58)23-42(16-11-8-12-17-42)50-39(56)49-33(24-13-9-7-10-14-24)37(54)51-22-27-32(41(27,4)5)34(51)36(53)48-30(21-31(45)46)35(52)47-18-15-26-28(43)19-25(20-29(26)44)38(55)59-6/h19-20,24,27,30-34H,7-18,21-23H2,1-6H3,(H,47,52)(H,48,53)(H2,49,50,56)/t27-,30-,32-,33-,34-/m0/s1. The summed E-state index contributed by atoms with van der Waals surface area (Å²) < 4.78 is 87.4. The number of hydrogen-bond donors (Lipinski definition) is 4. The van der Waals surface area contributed by atoms with Crippen LogP contribution < -0.4 is 21.3 Å². The van der Waals surface area contributed by atoms with Crippen LogP contribution in [0.5, 0.6) is 0 Å². The van der Waals surface area contributed by atoms with E-state index in [0.29, 0.717) is 25.7 Å². The molecule has 1 aliphatic heterocycles. The molecule has 0 radical (unpaired) electrons. The number of carbonyl (C=O) groups is 5. The monoisotopic (exact) mass is 871 g/mol. The number of piperidine rings is 1. The number of ether oxygens (including phenoxy) is 1. The topological polar surface area (TPSA) is 180 Å². The predicted octanol–water partition coefficient (Wildman–Crippen LogP) is 5.20. The largest absolute Gasteiger partial charge is 0.465 e. The van der Waals surface area contributed by atoms with Crippen LogP contribution in [0.25, 0.3) is 0 Å². The number of methoxy groups -OCH3 is 1. The van der Waals surface area contributed by atoms with Crippen molar-refractivity contribution in [3.8, 4) is 0 Å². The maximum atomic E-state index is 14.7. The fraction of sp³-hybridized carbons (Fsp3) is 0.738. The number of alkyl halides is 2. The number of rotatable bonds is 15. The van der Waals surface area contributed by atoms with Crippen LogP contribution >= 0.6 is 0 Å². The van der Waals surface area contributed by atoms with Gasteiger partial charge in [-0.1, -0.05) is 52.4 Å². The molecule has 5 amide bonds. The summed E-state index contributed by atoms with van der Waals surface area (Å²) in [5.41, 5.74) is -2.25. The molecule has 1 saturated heterocycles. The van der Waals surface area contributed by atoms with E-state index in [1.807, 2.05) is 13.8 Å². The van der Waals surface area contributed by atoms with Gasteiger partial charge >= 0.3 is 12.0 Å². The highest BCUT2D eigenvalue weighted by atomic mass is 32.2. The van der Waals surface area contributed by atoms with Gasteiger partial charge < -0.3 is 30.9 Å². The van der Waals surface area contributed by atoms with E-state index in [1.165, 1.54) is 4.90 Å². The van der Waals surface area contributed by atoms with Gasteiger partial charge in [-0.25, -0.2) is 35.6 Å². The fourth-order valence-corrected chi connectivity index (χ4v) is 11.1. The molecule has 0 unspecified atom stereocenters. The van der Waals surface area contributed by atoms with E-state index in [-0.39, 0.29) is 35.6 Å². The molecule has 0 aromatic heterocycles. The third kappa shape index (κ3) is 10.6. The molecule has 60 heavy (non-hydrogen) atoms. The Hall–Kier alpha value is -3.96. The molecule has 0 bridgehead atoms. The molecule has 13 nitrogen and oxygen atoms in total. The molecule has 1 aromatic rings. The molecule has 5 rings (SSSR count). The number of hydrogen-bond acceptors (Lipinski definition) is 8. The molecule has 18 heteroatoms. The minimum absolute atomic E-state index is 0.121. The molecular weight excluding hydrogens is 811 g/mol. The predicted molar refractivity (Wildman–Crippen MR) is 215 cm³/mol. The molecule has 4 aliphatic rings. The van der Waals surface area contributed by atoms with E-state index < -0.39 is 116 Å². The van der Waals surface area contributed by atoms with Crippen molar-refractivity contribution in [1.29, 1.82) is 0 Å². The quantitative estimate of drug-likeness (QED) is 0.137. The first-order valence-corrected chi connectivity index (χ1v) is 22.7. The smallest absolute Gasteiger partial charge is 0.338 e. The van der Waals surface area contributed by atoms with E-state index >= 15 is 0 Å². The maximum Gasteiger partial charge on any atom is 0.338 e. The van der Waals surface area contributed by atoms with Crippen molar-refractivity contribution in [1.82, 2.24) is 26.2 Å². The highest BCUT2D eigenvalue weighted by Crippen LogP contribution is 2.65. The number of likely N-dealkylation sites (tertiary alicyclic amines) is 1. The van der Waals surface area contributed by atoms with Gasteiger partial charge in [0, 0.05) is 25.1 Å². The zero-order chi connectivity index (χ0) is 44.4. The number of benzene rings is 1. The summed E-state index contributed by atoms with van der Waals surface area (Å²) in [6.07, 6.45) is 2.58. The Bertz CT molecular complexity index is 1870. The van der Waals surface area contributed by atoms with E-state index in [9.17, 15) is 50.0 Å². The SMILES string of the molecule is COC(=O)c1cc(F)c(CCNC(=O)[C@H](CC(F)F)NC(=O)[C@@H]2[C@@H]3[C@H](CN2C(=O)[C@@H](NC(=O)NC2(CS(=O)(=O)C(C)(C)C)CCCCC2)C2CCCCC2)C3(C)C)c(F)c1. The lowest BCUT2D eigenvalue weighted by Crippen LogP contribution is -2.63. The Morgan fingerprint density at radius 2 is 1.53 bits per heavy atom. The van der Waals surface area contributed by atoms with Crippen molar-refractivity contribution in [2.45, 2.75) is 147 Å². The molecular formula is C42H61F4N5O8S. The molecule has 4 fully saturated rings. The zero-order valence-electron chi connectivity index (χ0n) is 35.4. The van der Waals surface area contributed by atoms with Crippen LogP contribution in [0.3, 0.4) is 0 Å². The minimum Gasteiger partial charge on any atom is -0.465 e. The first-order valence-electron chi connectivity index (χ1n) is 21.1. The van der Waals surface area contributed by atoms with Gasteiger partial charge in [-0.15, -0.1) is 0 Å². The van der Waals surface area contributed by atoms with Crippen molar-refractivity contribution in [2.24, 2.45) is 23.2 Å². The summed E-state index contributed by atoms with van der Waals surface area (Å²) >= 11 is 0. The second-order valence-electron chi connectivity index (χ2n) is 18.7. The van der Waals surface area contributed by atoms with Crippen LogP contribution in [0.1, 0.15) is 121 Å². The number of nitrogens with zero attached hydrogens (tertiary/aromatic N) is 1. The molecule has 3 saturated carbocycles. The molecule has 1 heterocycles. The van der Waals surface area contributed by atoms with Gasteiger partial charge in [-0.3, -0.25) is 14.4 Å². The van der Waals surface area contributed by atoms with Crippen molar-refractivity contribution < 1.29 is 54.7 Å². The summed E-state index contributed by atoms with van der Waals surface area (Å²) in [6.45, 7) is 8.49. The number of urea groups is 1. The molecule has 4 N–H and O–H groups in total. The van der Waals surface area contributed by atoms with Crippen LogP contribution in [-0.4, -0.2) is 104 Å². The number of esters is 1. The second-order valence-corrected chi connectivity index (χ2v) is 21.5. The second kappa shape index (κ2) is 18.6. The van der Waals surface area contributed by atoms with Gasteiger partial charge in [-0.05, 0) is 88.2 Å². The number of nitrogens with one attached hydrogen (secondary N) is 4. The number of sulfone groups is 1. The van der Waals surface area contributed by atoms with Crippen LogP contribution in [-0.2, 0) is 35.4 Å². The first-order chi connectivity index (χ1) is 28.0. The minimum atomic E-state index is -3.64. The highest BCUT2D eigenvalue weighted by molar-refractivity contribution is 7.92. The maximum absolute atomic E-state index is 14.7. The van der Waals surface area contributed by atoms with Gasteiger partial charge in [0.2, 0.25) is 24.1 Å². The average molecular weight is 872 g/mol. The van der Waals surface area contributed by atoms with Gasteiger partial charge in [0.25, 0.3) is 0 Å². The number of amides is 5. The van der Waals surface area contributed by atoms with Crippen molar-refractivity contribution in [3.63, 3.8) is 0 Å². The van der Waals surface area contributed by atoms with Gasteiger partial charge in [0.1, 0.15) is 29.8 Å². The van der Waals surface area contributed by atoms with Crippen molar-refractivity contribution >= 4 is 39.6 Å². The fourth-order valence-electron chi connectivity index (χ4n) is 9.55. The Morgan fingerprint density at radius 1 is 0.933 bits per heavy atom. The molecule has 5 atom stereocenters. The van der Waals surface area contributed by atoms with E-state index in [2.05, 4.69) is 26.0 Å². The Labute approximate surface area is 350 Å². The lowest BCUT2D eigenvalue weighted by atomic mass is 9.82. The van der Waals surface area contributed by atoms with Crippen LogP contribution in [0.15, 0.2) is 12.1 Å². The Morgan fingerprint density at radius 3 is 2.10 bits per heavy atom. The molecule has 336 valence electrons. The van der Waals surface area contributed by atoms with E-state index in [4.69, 9.17) is 0 Å². The summed E-state index contributed by atoms with van der Waals surface area (Å²) in [5.74, 6) is -6.50. The molecule has 0 spiro atoms. The highest BCUT2D eigenvalue weighted by Gasteiger charge is 2.70. The summed E-state index contributed by atoms with van der Waals surface area (Å²) in [5, 5.41) is 10.7. The number of halogens is 4. The summed E-state index contributed by atoms with van der Waals surface area (Å²) in [7, 11) is -2.59. The molecule has 1 aromatic carbocycles. The summed E-state index contributed by atoms with van der Waals surface area (Å²) in [6, 6.07) is -3.10. The van der Waals surface area contributed by atoms with Crippen molar-refractivity contribution in [2.75, 3.05) is 26.0 Å². The lowest BCUT2D eigenvalue weighted by molar-refractivity contribution is -0.144. The van der Waals surface area contributed by atoms with E-state index in [0.717, 1.165) is 57.8 Å². The van der Waals surface area contributed by atoms with Crippen molar-refractivity contribution in [3.05, 3.63) is 34.9 Å². The van der Waals surface area contributed by atoms with Crippen LogP contribution in [0.4, 0.5) is 22.4 Å². The van der Waals surface area contributed by atoms with E-state index in [1.54, 1.807) is 20.8 Å². The van der Waals surface area contributed by atoms with Crippen LogP contribution in [0.2, 0.25) is 0 Å². The van der Waals surface area contributed by atoms with Crippen LogP contribution in [0, 0.1) is 34.8 Å². The summed E-state index contributed by atoms with van der Waals surface area (Å²) in [4.78, 5) is 69.3. The average Bonchev–Trinajstić information content (AvgIpc) is 3.46. The normalized spacial score (nSPS) is 23.5. The Kier molecular flexibility index (Phi) is 14.6. The van der Waals surface area contributed by atoms with Gasteiger partial charge in [0.05, 0.1) is 28.7 Å². The number of carbonyl (C=O) groups excluding carboxylic acids is 5. The number of fused-ring (bicyclic) bond motifs is 1. The van der Waals surface area contributed by atoms with Gasteiger partial charge in [-0.2, -0.15) is 0 Å².